The summed E-state index contributed by atoms with van der Waals surface area (Å²) in [5, 5.41) is 9.16. The molecule has 0 saturated heterocycles. The molecule has 0 aromatic carbocycles. The number of thiazole rings is 1. The third-order valence-electron chi connectivity index (χ3n) is 6.95. The van der Waals surface area contributed by atoms with E-state index in [1.807, 2.05) is 13.8 Å². The predicted octanol–water partition coefficient (Wildman–Crippen LogP) is 7.04. The quantitative estimate of drug-likeness (QED) is 0.0707. The van der Waals surface area contributed by atoms with Crippen molar-refractivity contribution in [2.75, 3.05) is 6.61 Å². The molecule has 37 heavy (non-hydrogen) atoms. The van der Waals surface area contributed by atoms with Crippen LogP contribution < -0.4 is 5.32 Å². The van der Waals surface area contributed by atoms with E-state index in [-0.39, 0.29) is 47.7 Å². The summed E-state index contributed by atoms with van der Waals surface area (Å²) in [6.45, 7) is 13.7. The zero-order valence-electron chi connectivity index (χ0n) is 23.5. The van der Waals surface area contributed by atoms with E-state index in [0.717, 1.165) is 32.1 Å². The second-order valence-electron chi connectivity index (χ2n) is 10.1. The molecular weight excluding hydrogens is 490 g/mol. The van der Waals surface area contributed by atoms with Gasteiger partial charge in [0, 0.05) is 23.1 Å². The molecule has 0 fully saturated rings. The van der Waals surface area contributed by atoms with E-state index in [2.05, 4.69) is 41.1 Å². The number of nitrogens with zero attached hydrogens (tertiary/aromatic N) is 4. The van der Waals surface area contributed by atoms with Crippen LogP contribution in [0.2, 0.25) is 0 Å². The minimum Gasteiger partial charge on any atom is -0.461 e. The average Bonchev–Trinajstić information content (AvgIpc) is 3.35. The van der Waals surface area contributed by atoms with Crippen LogP contribution in [0.15, 0.2) is 10.5 Å². The number of carbonyl (C=O) groups excluding carboxylic acids is 3. The highest BCUT2D eigenvalue weighted by Crippen LogP contribution is 2.37. The molecule has 0 saturated carbocycles. The van der Waals surface area contributed by atoms with Crippen molar-refractivity contribution in [3.05, 3.63) is 26.5 Å². The van der Waals surface area contributed by atoms with Crippen LogP contribution in [-0.4, -0.2) is 35.3 Å². The summed E-state index contributed by atoms with van der Waals surface area (Å²) in [7, 11) is 0. The Morgan fingerprint density at radius 3 is 2.41 bits per heavy atom. The lowest BCUT2D eigenvalue weighted by Crippen LogP contribution is -2.39. The minimum atomic E-state index is -0.720. The van der Waals surface area contributed by atoms with Crippen molar-refractivity contribution >= 4 is 29.0 Å². The first-order chi connectivity index (χ1) is 17.6. The first-order valence-corrected chi connectivity index (χ1v) is 14.5. The van der Waals surface area contributed by atoms with Crippen molar-refractivity contribution in [3.8, 4) is 0 Å². The number of unbranched alkanes of at least 4 members (excludes halogenated alkanes) is 3. The Morgan fingerprint density at radius 1 is 1.16 bits per heavy atom. The maximum Gasteiger partial charge on any atom is 0.357 e. The fourth-order valence-corrected chi connectivity index (χ4v) is 5.55. The first kappa shape index (κ1) is 32.6. The number of aromatic nitrogens is 1. The third kappa shape index (κ3) is 10.4. The van der Waals surface area contributed by atoms with Crippen LogP contribution in [0.25, 0.3) is 10.4 Å². The number of amides is 1. The molecular formula is C27H45N5O4S. The van der Waals surface area contributed by atoms with Gasteiger partial charge in [0.05, 0.1) is 18.7 Å². The van der Waals surface area contributed by atoms with Crippen molar-refractivity contribution < 1.29 is 19.1 Å². The van der Waals surface area contributed by atoms with Gasteiger partial charge in [-0.05, 0) is 43.1 Å². The lowest BCUT2D eigenvalue weighted by atomic mass is 9.72. The molecule has 9 nitrogen and oxygen atoms in total. The number of rotatable bonds is 18. The smallest absolute Gasteiger partial charge is 0.357 e. The molecule has 0 radical (unpaired) electrons. The Hall–Kier alpha value is -2.45. The largest absolute Gasteiger partial charge is 0.461 e. The van der Waals surface area contributed by atoms with E-state index in [0.29, 0.717) is 17.8 Å². The lowest BCUT2D eigenvalue weighted by molar-refractivity contribution is -0.128. The van der Waals surface area contributed by atoms with Gasteiger partial charge in [-0.25, -0.2) is 9.78 Å². The molecule has 5 atom stereocenters. The zero-order chi connectivity index (χ0) is 28.0. The molecule has 1 amide bonds. The molecule has 1 unspecified atom stereocenters. The summed E-state index contributed by atoms with van der Waals surface area (Å²) in [6, 6.07) is -1.17. The molecule has 208 valence electrons. The second kappa shape index (κ2) is 17.1. The maximum atomic E-state index is 13.9. The fourth-order valence-electron chi connectivity index (χ4n) is 4.69. The number of carbonyl (C=O) groups is 3. The van der Waals surface area contributed by atoms with E-state index in [9.17, 15) is 19.9 Å². The molecule has 0 spiro atoms. The average molecular weight is 536 g/mol. The molecule has 10 heteroatoms. The van der Waals surface area contributed by atoms with E-state index in [1.54, 1.807) is 12.3 Å². The first-order valence-electron chi connectivity index (χ1n) is 13.6. The lowest BCUT2D eigenvalue weighted by Gasteiger charge is -2.34. The Balaban J connectivity index is 3.39. The molecule has 1 rings (SSSR count). The standard InChI is InChI=1S/C27H45N5O4S/c1-8-11-12-13-14-20(25(34)24(31-32-28)18(6)9-2)21(17(4)5)15-22(29-19(7)33)26-30-23(16-37-26)27(35)36-10-3/h16-18,20-22,24H,8-15H2,1-7H3,(H,29,33)/t18-,20?,21+,22+,24-/m0/s1. The van der Waals surface area contributed by atoms with Gasteiger partial charge < -0.3 is 10.1 Å². The van der Waals surface area contributed by atoms with E-state index >= 15 is 0 Å². The molecule has 0 aliphatic rings. The van der Waals surface area contributed by atoms with Crippen molar-refractivity contribution in [1.29, 1.82) is 0 Å². The molecule has 1 aromatic rings. The molecule has 0 bridgehead atoms. The van der Waals surface area contributed by atoms with Crippen molar-refractivity contribution in [2.45, 2.75) is 105 Å². The minimum absolute atomic E-state index is 0.0183. The van der Waals surface area contributed by atoms with Gasteiger partial charge in [-0.3, -0.25) is 9.59 Å². The van der Waals surface area contributed by atoms with E-state index in [4.69, 9.17) is 4.74 Å². The van der Waals surface area contributed by atoms with Crippen molar-refractivity contribution in [1.82, 2.24) is 10.3 Å². The number of nitrogens with one attached hydrogen (secondary N) is 1. The highest BCUT2D eigenvalue weighted by Gasteiger charge is 2.37. The zero-order valence-corrected chi connectivity index (χ0v) is 24.3. The predicted molar refractivity (Wildman–Crippen MR) is 147 cm³/mol. The van der Waals surface area contributed by atoms with Gasteiger partial charge >= 0.3 is 5.97 Å². The fraction of sp³-hybridized carbons (Fsp3) is 0.778. The summed E-state index contributed by atoms with van der Waals surface area (Å²) in [6.07, 6.45) is 6.06. The number of azide groups is 1. The van der Waals surface area contributed by atoms with Crippen molar-refractivity contribution in [2.24, 2.45) is 28.8 Å². The second-order valence-corrected chi connectivity index (χ2v) is 11.0. The van der Waals surface area contributed by atoms with E-state index in [1.165, 1.54) is 18.3 Å². The third-order valence-corrected chi connectivity index (χ3v) is 7.91. The molecule has 1 N–H and O–H groups in total. The van der Waals surface area contributed by atoms with Crippen LogP contribution >= 0.6 is 11.3 Å². The highest BCUT2D eigenvalue weighted by molar-refractivity contribution is 7.09. The monoisotopic (exact) mass is 535 g/mol. The summed E-state index contributed by atoms with van der Waals surface area (Å²) in [5.74, 6) is -1.06. The molecule has 0 aliphatic heterocycles. The van der Waals surface area contributed by atoms with Crippen molar-refractivity contribution in [3.63, 3.8) is 0 Å². The van der Waals surface area contributed by atoms with Crippen LogP contribution in [0.1, 0.15) is 115 Å². The van der Waals surface area contributed by atoms with Crippen LogP contribution in [0, 0.1) is 23.7 Å². The summed E-state index contributed by atoms with van der Waals surface area (Å²) in [5.41, 5.74) is 9.41. The van der Waals surface area contributed by atoms with Gasteiger partial charge in [0.25, 0.3) is 0 Å². The number of esters is 1. The Bertz CT molecular complexity index is 912. The maximum absolute atomic E-state index is 13.9. The topological polar surface area (TPSA) is 134 Å². The molecule has 1 aromatic heterocycles. The van der Waals surface area contributed by atoms with Crippen LogP contribution in [0.5, 0.6) is 0 Å². The van der Waals surface area contributed by atoms with E-state index < -0.39 is 18.1 Å². The normalized spacial score (nSPS) is 15.2. The highest BCUT2D eigenvalue weighted by atomic mass is 32.1. The SMILES string of the molecule is CCCCCCC(C(=O)[C@@H](N=[N+]=[N-])[C@@H](C)CC)[C@H](C[C@@H](NC(C)=O)c1nc(C(=O)OCC)cs1)C(C)C. The number of hydrogen-bond donors (Lipinski definition) is 1. The summed E-state index contributed by atoms with van der Waals surface area (Å²) < 4.78 is 5.07. The van der Waals surface area contributed by atoms with Gasteiger partial charge in [-0.2, -0.15) is 0 Å². The Morgan fingerprint density at radius 2 is 1.86 bits per heavy atom. The van der Waals surface area contributed by atoms with Crippen LogP contribution in [0.3, 0.4) is 0 Å². The molecule has 1 heterocycles. The van der Waals surface area contributed by atoms with Gasteiger partial charge in [-0.15, -0.1) is 11.3 Å². The summed E-state index contributed by atoms with van der Waals surface area (Å²) >= 11 is 1.30. The van der Waals surface area contributed by atoms with Crippen LogP contribution in [-0.2, 0) is 14.3 Å². The van der Waals surface area contributed by atoms with Gasteiger partial charge in [-0.1, -0.05) is 71.8 Å². The number of hydrogen-bond acceptors (Lipinski definition) is 7. The van der Waals surface area contributed by atoms with Gasteiger partial charge in [0.1, 0.15) is 10.8 Å². The molecule has 0 aliphatic carbocycles. The van der Waals surface area contributed by atoms with Gasteiger partial charge in [0.15, 0.2) is 5.69 Å². The Labute approximate surface area is 225 Å². The van der Waals surface area contributed by atoms with Crippen LogP contribution in [0.4, 0.5) is 0 Å². The number of Topliss-reactive ketones (excluding diaryl/α,β-unsaturated/α-hetero) is 1. The summed E-state index contributed by atoms with van der Waals surface area (Å²) in [4.78, 5) is 45.7. The number of ether oxygens (including phenoxy) is 1. The number of ketones is 1. The Kier molecular flexibility index (Phi) is 15.1. The van der Waals surface area contributed by atoms with Gasteiger partial charge in [0.2, 0.25) is 5.91 Å².